The smallest absolute Gasteiger partial charge is 0.182 e. The minimum absolute atomic E-state index is 0.488. The Balaban J connectivity index is 3.01. The van der Waals surface area contributed by atoms with Crippen LogP contribution in [0, 0.1) is 10.7 Å². The van der Waals surface area contributed by atoms with Crippen LogP contribution in [0.25, 0.3) is 0 Å². The maximum atomic E-state index is 10.4. The van der Waals surface area contributed by atoms with Crippen molar-refractivity contribution in [2.45, 2.75) is 0 Å². The molecule has 0 aromatic carbocycles. The molecule has 0 aliphatic carbocycles. The van der Waals surface area contributed by atoms with E-state index in [4.69, 9.17) is 5.53 Å². The van der Waals surface area contributed by atoms with Crippen LogP contribution in [0.5, 0.6) is 0 Å². The summed E-state index contributed by atoms with van der Waals surface area (Å²) < 4.78 is 0.648. The van der Waals surface area contributed by atoms with Crippen LogP contribution in [0.2, 0.25) is 0 Å². The lowest BCUT2D eigenvalue weighted by atomic mass is 10.4. The minimum atomic E-state index is 0.488. The predicted molar refractivity (Wildman–Crippen MR) is 30.2 cm³/mol. The highest BCUT2D eigenvalue weighted by Crippen LogP contribution is 2.04. The number of aromatic nitrogens is 1. The molecule has 4 heteroatoms. The normalized spacial score (nSPS) is 8.89. The fraction of sp³-hybridized carbons (Fsp3) is 0. The molecule has 9 heavy (non-hydrogen) atoms. The number of rotatable bonds is 1. The largest absolute Gasteiger partial charge is 0.619 e. The third-order valence-electron chi connectivity index (χ3n) is 0.914. The second-order valence-corrected chi connectivity index (χ2v) is 1.53. The van der Waals surface area contributed by atoms with Crippen LogP contribution in [0.4, 0.5) is 5.69 Å². The molecule has 1 N–H and O–H groups in total. The van der Waals surface area contributed by atoms with Gasteiger partial charge in [0, 0.05) is 12.1 Å². The highest BCUT2D eigenvalue weighted by molar-refractivity contribution is 5.30. The van der Waals surface area contributed by atoms with Crippen LogP contribution in [0.1, 0.15) is 0 Å². The lowest BCUT2D eigenvalue weighted by Gasteiger charge is -1.91. The zero-order chi connectivity index (χ0) is 6.69. The maximum Gasteiger partial charge on any atom is 0.182 e. The Bertz CT molecular complexity index is 206. The van der Waals surface area contributed by atoms with Gasteiger partial charge < -0.3 is 5.21 Å². The van der Waals surface area contributed by atoms with Crippen molar-refractivity contribution in [3.05, 3.63) is 29.7 Å². The Labute approximate surface area is 51.8 Å². The van der Waals surface area contributed by atoms with Crippen molar-refractivity contribution in [3.8, 4) is 0 Å². The topological polar surface area (TPSA) is 63.2 Å². The predicted octanol–water partition coefficient (Wildman–Crippen LogP) is 0.982. The van der Waals surface area contributed by atoms with Crippen LogP contribution in [-0.4, -0.2) is 0 Å². The van der Waals surface area contributed by atoms with Crippen LogP contribution < -0.4 is 4.73 Å². The van der Waals surface area contributed by atoms with Crippen LogP contribution in [0.15, 0.2) is 29.6 Å². The van der Waals surface area contributed by atoms with Gasteiger partial charge in [-0.25, -0.2) is 5.53 Å². The van der Waals surface area contributed by atoms with Crippen LogP contribution in [-0.2, 0) is 0 Å². The summed E-state index contributed by atoms with van der Waals surface area (Å²) in [7, 11) is 0. The van der Waals surface area contributed by atoms with E-state index in [0.29, 0.717) is 10.4 Å². The first kappa shape index (κ1) is 5.68. The van der Waals surface area contributed by atoms with Crippen LogP contribution in [0.3, 0.4) is 0 Å². The molecule has 0 fully saturated rings. The molecule has 46 valence electrons. The molecule has 0 amide bonds. The van der Waals surface area contributed by atoms with Crippen molar-refractivity contribution in [2.75, 3.05) is 0 Å². The SMILES string of the molecule is N=Nc1cc[n+]([O-])cc1. The zero-order valence-electron chi connectivity index (χ0n) is 4.61. The summed E-state index contributed by atoms with van der Waals surface area (Å²) in [6, 6.07) is 2.94. The molecule has 1 aromatic heterocycles. The van der Waals surface area contributed by atoms with Crippen molar-refractivity contribution in [1.29, 1.82) is 5.53 Å². The van der Waals surface area contributed by atoms with Crippen molar-refractivity contribution < 1.29 is 4.73 Å². The number of nitrogens with one attached hydrogen (secondary N) is 1. The summed E-state index contributed by atoms with van der Waals surface area (Å²) in [5.41, 5.74) is 7.02. The first-order valence-electron chi connectivity index (χ1n) is 2.39. The van der Waals surface area contributed by atoms with Crippen molar-refractivity contribution >= 4 is 5.69 Å². The van der Waals surface area contributed by atoms with E-state index >= 15 is 0 Å². The minimum Gasteiger partial charge on any atom is -0.619 e. The molecule has 0 unspecified atom stereocenters. The van der Waals surface area contributed by atoms with Crippen molar-refractivity contribution in [2.24, 2.45) is 5.11 Å². The van der Waals surface area contributed by atoms with E-state index in [1.165, 1.54) is 24.5 Å². The second kappa shape index (κ2) is 2.21. The molecule has 0 radical (unpaired) electrons. The monoisotopic (exact) mass is 123 g/mol. The van der Waals surface area contributed by atoms with Gasteiger partial charge in [0.1, 0.15) is 0 Å². The second-order valence-electron chi connectivity index (χ2n) is 1.53. The van der Waals surface area contributed by atoms with Gasteiger partial charge in [-0.15, -0.1) is 0 Å². The molecule has 0 aliphatic rings. The molecule has 0 bridgehead atoms. The molecule has 0 spiro atoms. The Morgan fingerprint density at radius 2 is 2.00 bits per heavy atom. The number of pyridine rings is 1. The van der Waals surface area contributed by atoms with E-state index in [1.807, 2.05) is 0 Å². The Hall–Kier alpha value is -1.45. The van der Waals surface area contributed by atoms with Gasteiger partial charge in [-0.3, -0.25) is 0 Å². The van der Waals surface area contributed by atoms with Gasteiger partial charge in [0.25, 0.3) is 0 Å². The first-order valence-corrected chi connectivity index (χ1v) is 2.39. The average Bonchev–Trinajstić information content (AvgIpc) is 1.90. The van der Waals surface area contributed by atoms with E-state index in [2.05, 4.69) is 5.11 Å². The molecule has 1 aromatic rings. The Morgan fingerprint density at radius 3 is 2.44 bits per heavy atom. The van der Waals surface area contributed by atoms with Gasteiger partial charge in [0.05, 0.1) is 5.69 Å². The third-order valence-corrected chi connectivity index (χ3v) is 0.914. The molecule has 0 atom stereocenters. The molecule has 0 saturated heterocycles. The molecule has 0 aliphatic heterocycles. The lowest BCUT2D eigenvalue weighted by Crippen LogP contribution is -2.22. The molecule has 1 rings (SSSR count). The summed E-state index contributed by atoms with van der Waals surface area (Å²) in [6.07, 6.45) is 2.60. The molecule has 0 saturated carbocycles. The highest BCUT2D eigenvalue weighted by atomic mass is 16.5. The molecular weight excluding hydrogens is 118 g/mol. The summed E-state index contributed by atoms with van der Waals surface area (Å²) in [5.74, 6) is 0. The van der Waals surface area contributed by atoms with Crippen molar-refractivity contribution in [1.82, 2.24) is 0 Å². The van der Waals surface area contributed by atoms with Gasteiger partial charge in [-0.1, -0.05) is 0 Å². The summed E-state index contributed by atoms with van der Waals surface area (Å²) in [6.45, 7) is 0. The van der Waals surface area contributed by atoms with Gasteiger partial charge in [-0.05, 0) is 0 Å². The van der Waals surface area contributed by atoms with E-state index < -0.39 is 0 Å². The maximum absolute atomic E-state index is 10.4. The standard InChI is InChI=1S/C5H5N3O/c6-7-5-1-3-8(9)4-2-5/h1-4,6H. The van der Waals surface area contributed by atoms with Gasteiger partial charge >= 0.3 is 0 Å². The quantitative estimate of drug-likeness (QED) is 0.337. The highest BCUT2D eigenvalue weighted by Gasteiger charge is 1.88. The molecule has 1 heterocycles. The fourth-order valence-electron chi connectivity index (χ4n) is 0.479. The van der Waals surface area contributed by atoms with E-state index in [9.17, 15) is 5.21 Å². The Kier molecular flexibility index (Phi) is 1.40. The first-order chi connectivity index (χ1) is 4.33. The van der Waals surface area contributed by atoms with Crippen molar-refractivity contribution in [3.63, 3.8) is 0 Å². The summed E-state index contributed by atoms with van der Waals surface area (Å²) in [4.78, 5) is 0. The average molecular weight is 123 g/mol. The number of hydrogen-bond acceptors (Lipinski definition) is 3. The van der Waals surface area contributed by atoms with Gasteiger partial charge in [0.2, 0.25) is 0 Å². The fourth-order valence-corrected chi connectivity index (χ4v) is 0.479. The Morgan fingerprint density at radius 1 is 1.44 bits per heavy atom. The van der Waals surface area contributed by atoms with Crippen LogP contribution >= 0.6 is 0 Å². The van der Waals surface area contributed by atoms with Gasteiger partial charge in [0.15, 0.2) is 12.4 Å². The number of nitrogens with zero attached hydrogens (tertiary/aromatic N) is 2. The van der Waals surface area contributed by atoms with E-state index in [-0.39, 0.29) is 0 Å². The zero-order valence-corrected chi connectivity index (χ0v) is 4.61. The number of hydrogen-bond donors (Lipinski definition) is 1. The lowest BCUT2D eigenvalue weighted by molar-refractivity contribution is -0.605. The van der Waals surface area contributed by atoms with Gasteiger partial charge in [-0.2, -0.15) is 9.84 Å². The van der Waals surface area contributed by atoms with E-state index in [1.54, 1.807) is 0 Å². The molecule has 4 nitrogen and oxygen atoms in total. The molecular formula is C5H5N3O. The summed E-state index contributed by atoms with van der Waals surface area (Å²) >= 11 is 0. The van der Waals surface area contributed by atoms with E-state index in [0.717, 1.165) is 0 Å². The summed E-state index contributed by atoms with van der Waals surface area (Å²) in [5, 5.41) is 13.5. The third kappa shape index (κ3) is 1.22.